The molecule has 7 nitrogen and oxygen atoms in total. The summed E-state index contributed by atoms with van der Waals surface area (Å²) in [5, 5.41) is 5.74. The first kappa shape index (κ1) is 25.6. The first-order valence-electron chi connectivity index (χ1n) is 11.4. The third-order valence-electron chi connectivity index (χ3n) is 5.59. The summed E-state index contributed by atoms with van der Waals surface area (Å²) >= 11 is 0. The van der Waals surface area contributed by atoms with Crippen molar-refractivity contribution in [3.05, 3.63) is 82.9 Å². The van der Waals surface area contributed by atoms with Crippen LogP contribution in [-0.4, -0.2) is 38.7 Å². The lowest BCUT2D eigenvalue weighted by atomic mass is 10.1. The highest BCUT2D eigenvalue weighted by atomic mass is 16.5. The van der Waals surface area contributed by atoms with Gasteiger partial charge in [-0.05, 0) is 74.2 Å². The van der Waals surface area contributed by atoms with Gasteiger partial charge in [-0.25, -0.2) is 0 Å². The third kappa shape index (κ3) is 6.76. The lowest BCUT2D eigenvalue weighted by Gasteiger charge is -2.18. The topological polar surface area (TPSA) is 85.9 Å². The number of benzene rings is 3. The van der Waals surface area contributed by atoms with Crippen LogP contribution in [0.2, 0.25) is 0 Å². The van der Waals surface area contributed by atoms with E-state index in [4.69, 9.17) is 14.2 Å². The monoisotopic (exact) mass is 476 g/mol. The Morgan fingerprint density at radius 2 is 1.63 bits per heavy atom. The SMILES string of the molecule is COc1ccc(CCNC(=O)c2ccccc2NC(=O)C(C)Oc2cc(C)ccc2C)cc1OC. The van der Waals surface area contributed by atoms with Gasteiger partial charge in [0.2, 0.25) is 0 Å². The highest BCUT2D eigenvalue weighted by Crippen LogP contribution is 2.27. The fourth-order valence-corrected chi connectivity index (χ4v) is 3.55. The maximum atomic E-state index is 12.9. The van der Waals surface area contributed by atoms with Crippen LogP contribution in [0.15, 0.2) is 60.7 Å². The number of hydrogen-bond acceptors (Lipinski definition) is 5. The van der Waals surface area contributed by atoms with E-state index < -0.39 is 6.10 Å². The molecule has 0 aliphatic heterocycles. The number of anilines is 1. The zero-order valence-electron chi connectivity index (χ0n) is 20.8. The summed E-state index contributed by atoms with van der Waals surface area (Å²) in [6.07, 6.45) is -0.127. The fourth-order valence-electron chi connectivity index (χ4n) is 3.55. The quantitative estimate of drug-likeness (QED) is 0.443. The van der Waals surface area contributed by atoms with Crippen LogP contribution in [0.4, 0.5) is 5.69 Å². The molecule has 0 aromatic heterocycles. The average Bonchev–Trinajstić information content (AvgIpc) is 2.86. The van der Waals surface area contributed by atoms with E-state index >= 15 is 0 Å². The van der Waals surface area contributed by atoms with Gasteiger partial charge in [-0.2, -0.15) is 0 Å². The molecule has 0 saturated heterocycles. The maximum absolute atomic E-state index is 12.9. The average molecular weight is 477 g/mol. The Morgan fingerprint density at radius 3 is 2.37 bits per heavy atom. The van der Waals surface area contributed by atoms with Crippen LogP contribution in [0.25, 0.3) is 0 Å². The Morgan fingerprint density at radius 1 is 0.886 bits per heavy atom. The van der Waals surface area contributed by atoms with E-state index in [9.17, 15) is 9.59 Å². The van der Waals surface area contributed by atoms with Gasteiger partial charge in [0.15, 0.2) is 17.6 Å². The van der Waals surface area contributed by atoms with Crippen molar-refractivity contribution < 1.29 is 23.8 Å². The molecule has 0 fully saturated rings. The zero-order valence-corrected chi connectivity index (χ0v) is 20.8. The first-order chi connectivity index (χ1) is 16.8. The van der Waals surface area contributed by atoms with Gasteiger partial charge in [0.25, 0.3) is 11.8 Å². The van der Waals surface area contributed by atoms with Gasteiger partial charge >= 0.3 is 0 Å². The molecule has 0 spiro atoms. The molecule has 0 saturated carbocycles. The van der Waals surface area contributed by atoms with E-state index in [2.05, 4.69) is 10.6 Å². The molecule has 1 atom stereocenters. The molecular formula is C28H32N2O5. The number of hydrogen-bond donors (Lipinski definition) is 2. The van der Waals surface area contributed by atoms with E-state index in [1.807, 2.05) is 50.2 Å². The number of para-hydroxylation sites is 1. The minimum absolute atomic E-state index is 0.274. The Hall–Kier alpha value is -4.00. The molecule has 3 rings (SSSR count). The van der Waals surface area contributed by atoms with Crippen LogP contribution in [0.5, 0.6) is 17.2 Å². The van der Waals surface area contributed by atoms with E-state index in [-0.39, 0.29) is 11.8 Å². The molecule has 0 radical (unpaired) electrons. The lowest BCUT2D eigenvalue weighted by molar-refractivity contribution is -0.122. The molecule has 2 amide bonds. The minimum atomic E-state index is -0.739. The summed E-state index contributed by atoms with van der Waals surface area (Å²) in [5.74, 6) is 1.34. The van der Waals surface area contributed by atoms with Gasteiger partial charge in [0.05, 0.1) is 25.5 Å². The van der Waals surface area contributed by atoms with E-state index in [0.29, 0.717) is 41.5 Å². The van der Waals surface area contributed by atoms with Crippen LogP contribution in [0.1, 0.15) is 34.0 Å². The predicted octanol–water partition coefficient (Wildman–Crippen LogP) is 4.70. The van der Waals surface area contributed by atoms with Gasteiger partial charge in [0, 0.05) is 6.54 Å². The maximum Gasteiger partial charge on any atom is 0.265 e. The summed E-state index contributed by atoms with van der Waals surface area (Å²) in [7, 11) is 3.17. The largest absolute Gasteiger partial charge is 0.493 e. The second-order valence-electron chi connectivity index (χ2n) is 8.26. The van der Waals surface area contributed by atoms with Crippen LogP contribution in [-0.2, 0) is 11.2 Å². The highest BCUT2D eigenvalue weighted by molar-refractivity contribution is 6.04. The molecule has 0 heterocycles. The summed E-state index contributed by atoms with van der Waals surface area (Å²) in [6.45, 7) is 6.00. The smallest absolute Gasteiger partial charge is 0.265 e. The molecule has 3 aromatic carbocycles. The standard InChI is InChI=1S/C28H32N2O5/c1-18-10-11-19(2)25(16-18)35-20(3)27(31)30-23-9-7-6-8-22(23)28(32)29-15-14-21-12-13-24(33-4)26(17-21)34-5/h6-13,16-17,20H,14-15H2,1-5H3,(H,29,32)(H,30,31). The molecule has 1 unspecified atom stereocenters. The van der Waals surface area contributed by atoms with Gasteiger partial charge in [-0.15, -0.1) is 0 Å². The molecule has 3 aromatic rings. The van der Waals surface area contributed by atoms with E-state index in [0.717, 1.165) is 16.7 Å². The number of carbonyl (C=O) groups excluding carboxylic acids is 2. The molecule has 0 aliphatic rings. The minimum Gasteiger partial charge on any atom is -0.493 e. The number of amides is 2. The second-order valence-corrected chi connectivity index (χ2v) is 8.26. The molecule has 7 heteroatoms. The van der Waals surface area contributed by atoms with Crippen molar-refractivity contribution in [1.29, 1.82) is 0 Å². The summed E-state index contributed by atoms with van der Waals surface area (Å²) in [5.41, 5.74) is 3.81. The number of ether oxygens (including phenoxy) is 3. The normalized spacial score (nSPS) is 11.3. The van der Waals surface area contributed by atoms with Crippen molar-refractivity contribution in [2.45, 2.75) is 33.3 Å². The molecular weight excluding hydrogens is 444 g/mol. The Balaban J connectivity index is 1.61. The van der Waals surface area contributed by atoms with Crippen molar-refractivity contribution in [3.63, 3.8) is 0 Å². The van der Waals surface area contributed by atoms with Gasteiger partial charge in [-0.1, -0.05) is 30.3 Å². The number of methoxy groups -OCH3 is 2. The predicted molar refractivity (Wildman–Crippen MR) is 137 cm³/mol. The number of nitrogens with one attached hydrogen (secondary N) is 2. The zero-order chi connectivity index (χ0) is 25.4. The Labute approximate surface area is 206 Å². The van der Waals surface area contributed by atoms with Crippen molar-refractivity contribution in [2.24, 2.45) is 0 Å². The summed E-state index contributed by atoms with van der Waals surface area (Å²) < 4.78 is 16.5. The van der Waals surface area contributed by atoms with Gasteiger partial charge in [0.1, 0.15) is 5.75 Å². The fraction of sp³-hybridized carbons (Fsp3) is 0.286. The van der Waals surface area contributed by atoms with E-state index in [1.165, 1.54) is 0 Å². The Kier molecular flexibility index (Phi) is 8.73. The number of rotatable bonds is 10. The molecule has 0 bridgehead atoms. The molecule has 2 N–H and O–H groups in total. The molecule has 35 heavy (non-hydrogen) atoms. The van der Waals surface area contributed by atoms with Crippen molar-refractivity contribution >= 4 is 17.5 Å². The van der Waals surface area contributed by atoms with Crippen LogP contribution in [0.3, 0.4) is 0 Å². The summed E-state index contributed by atoms with van der Waals surface area (Å²) in [4.78, 5) is 25.7. The first-order valence-corrected chi connectivity index (χ1v) is 11.4. The van der Waals surface area contributed by atoms with Gasteiger partial charge < -0.3 is 24.8 Å². The summed E-state index contributed by atoms with van der Waals surface area (Å²) in [6, 6.07) is 18.4. The molecule has 184 valence electrons. The number of aryl methyl sites for hydroxylation is 2. The van der Waals surface area contributed by atoms with Crippen molar-refractivity contribution in [1.82, 2.24) is 5.32 Å². The van der Waals surface area contributed by atoms with Gasteiger partial charge in [-0.3, -0.25) is 9.59 Å². The Bertz CT molecular complexity index is 1190. The van der Waals surface area contributed by atoms with Crippen LogP contribution in [0, 0.1) is 13.8 Å². The third-order valence-corrected chi connectivity index (χ3v) is 5.59. The van der Waals surface area contributed by atoms with Crippen molar-refractivity contribution in [3.8, 4) is 17.2 Å². The lowest BCUT2D eigenvalue weighted by Crippen LogP contribution is -2.32. The second kappa shape index (κ2) is 11.9. The van der Waals surface area contributed by atoms with Crippen molar-refractivity contribution in [2.75, 3.05) is 26.1 Å². The van der Waals surface area contributed by atoms with Crippen LogP contribution >= 0.6 is 0 Å². The number of carbonyl (C=O) groups is 2. The molecule has 0 aliphatic carbocycles. The van der Waals surface area contributed by atoms with Crippen LogP contribution < -0.4 is 24.8 Å². The highest BCUT2D eigenvalue weighted by Gasteiger charge is 2.19. The van der Waals surface area contributed by atoms with E-state index in [1.54, 1.807) is 45.4 Å².